The smallest absolute Gasteiger partial charge is 0.338 e. The Morgan fingerprint density at radius 1 is 1.80 bits per heavy atom. The fourth-order valence-electron chi connectivity index (χ4n) is 0.325. The second-order valence-electron chi connectivity index (χ2n) is 1.55. The molecule has 0 saturated carbocycles. The van der Waals surface area contributed by atoms with Crippen LogP contribution in [0.3, 0.4) is 0 Å². The summed E-state index contributed by atoms with van der Waals surface area (Å²) in [6.07, 6.45) is -4.36. The number of rotatable bonds is 3. The number of aliphatic hydroxyl groups excluding tert-OH is 1. The van der Waals surface area contributed by atoms with Crippen molar-refractivity contribution in [2.75, 3.05) is 7.11 Å². The lowest BCUT2D eigenvalue weighted by Gasteiger charge is -2.06. The molecular weight excluding hydrogens is 143 g/mol. The monoisotopic (exact) mass is 150 g/mol. The minimum atomic E-state index is -2.20. The summed E-state index contributed by atoms with van der Waals surface area (Å²) in [4.78, 5) is 19.9. The molecule has 5 heteroatoms. The first-order valence-corrected chi connectivity index (χ1v) is 2.48. The highest BCUT2D eigenvalue weighted by Gasteiger charge is 2.25. The molecule has 0 aromatic carbocycles. The molecule has 0 heterocycles. The molecule has 0 saturated heterocycles. The van der Waals surface area contributed by atoms with Gasteiger partial charge in [0.25, 0.3) is 0 Å². The normalized spacial score (nSPS) is 15.5. The van der Waals surface area contributed by atoms with Gasteiger partial charge in [0.05, 0.1) is 7.11 Å². The number of carbonyl (C=O) groups excluding carboxylic acids is 2. The Bertz CT molecular complexity index is 136. The molecule has 58 valence electrons. The van der Waals surface area contributed by atoms with Crippen molar-refractivity contribution in [3.63, 3.8) is 0 Å². The van der Waals surface area contributed by atoms with E-state index in [-0.39, 0.29) is 6.29 Å². The minimum Gasteiger partial charge on any atom is -0.467 e. The second kappa shape index (κ2) is 3.94. The number of carbonyl (C=O) groups is 2. The number of halogens is 1. The summed E-state index contributed by atoms with van der Waals surface area (Å²) >= 11 is 0. The highest BCUT2D eigenvalue weighted by atomic mass is 19.1. The van der Waals surface area contributed by atoms with E-state index in [1.54, 1.807) is 0 Å². The van der Waals surface area contributed by atoms with Gasteiger partial charge >= 0.3 is 5.97 Å². The van der Waals surface area contributed by atoms with Gasteiger partial charge < -0.3 is 9.84 Å². The van der Waals surface area contributed by atoms with Crippen LogP contribution in [0.2, 0.25) is 0 Å². The van der Waals surface area contributed by atoms with Gasteiger partial charge in [-0.3, -0.25) is 4.79 Å². The van der Waals surface area contributed by atoms with Crippen LogP contribution >= 0.6 is 0 Å². The molecule has 1 N–H and O–H groups in total. The Kier molecular flexibility index (Phi) is 3.56. The zero-order valence-corrected chi connectivity index (χ0v) is 5.28. The molecule has 0 fully saturated rings. The van der Waals surface area contributed by atoms with Crippen LogP contribution in [-0.4, -0.2) is 36.7 Å². The van der Waals surface area contributed by atoms with E-state index >= 15 is 0 Å². The summed E-state index contributed by atoms with van der Waals surface area (Å²) in [6.45, 7) is 0. The molecule has 0 bridgehead atoms. The van der Waals surface area contributed by atoms with Gasteiger partial charge in [-0.05, 0) is 0 Å². The van der Waals surface area contributed by atoms with Crippen LogP contribution in [0.25, 0.3) is 0 Å². The zero-order valence-electron chi connectivity index (χ0n) is 5.28. The Morgan fingerprint density at radius 2 is 2.30 bits per heavy atom. The van der Waals surface area contributed by atoms with Crippen LogP contribution in [0.4, 0.5) is 4.39 Å². The second-order valence-corrected chi connectivity index (χ2v) is 1.55. The number of aliphatic hydroxyl groups is 1. The third-order valence-corrected chi connectivity index (χ3v) is 0.874. The van der Waals surface area contributed by atoms with E-state index in [2.05, 4.69) is 4.74 Å². The number of methoxy groups -OCH3 is 1. The van der Waals surface area contributed by atoms with E-state index < -0.39 is 18.2 Å². The Balaban J connectivity index is 3.93. The third-order valence-electron chi connectivity index (χ3n) is 0.874. The quantitative estimate of drug-likeness (QED) is 0.416. The molecule has 4 nitrogen and oxygen atoms in total. The molecule has 0 aromatic heterocycles. The van der Waals surface area contributed by atoms with Crippen molar-refractivity contribution in [3.8, 4) is 0 Å². The lowest BCUT2D eigenvalue weighted by Crippen LogP contribution is -2.32. The van der Waals surface area contributed by atoms with Crippen LogP contribution in [-0.2, 0) is 14.3 Å². The van der Waals surface area contributed by atoms with Crippen molar-refractivity contribution in [1.82, 2.24) is 0 Å². The SMILES string of the molecule is COC(=O)[C@@H](O)[C@H](F)C=O. The van der Waals surface area contributed by atoms with E-state index in [1.165, 1.54) is 0 Å². The number of hydrogen-bond acceptors (Lipinski definition) is 4. The predicted molar refractivity (Wildman–Crippen MR) is 29.0 cm³/mol. The molecule has 0 amide bonds. The van der Waals surface area contributed by atoms with Crippen LogP contribution in [0.1, 0.15) is 0 Å². The van der Waals surface area contributed by atoms with Gasteiger partial charge in [-0.1, -0.05) is 0 Å². The summed E-state index contributed by atoms with van der Waals surface area (Å²) in [5.74, 6) is -1.15. The molecule has 0 rings (SSSR count). The summed E-state index contributed by atoms with van der Waals surface area (Å²) in [5.41, 5.74) is 0. The molecule has 0 aliphatic heterocycles. The van der Waals surface area contributed by atoms with E-state index in [9.17, 15) is 14.0 Å². The van der Waals surface area contributed by atoms with Crippen LogP contribution in [0.5, 0.6) is 0 Å². The number of hydrogen-bond donors (Lipinski definition) is 1. The minimum absolute atomic E-state index is 0.165. The van der Waals surface area contributed by atoms with Gasteiger partial charge in [-0.15, -0.1) is 0 Å². The average Bonchev–Trinajstić information content (AvgIpc) is 2.00. The van der Waals surface area contributed by atoms with Crippen molar-refractivity contribution >= 4 is 12.3 Å². The maximum absolute atomic E-state index is 12.0. The van der Waals surface area contributed by atoms with Gasteiger partial charge in [0.1, 0.15) is 0 Å². The van der Waals surface area contributed by atoms with E-state index in [0.29, 0.717) is 0 Å². The highest BCUT2D eigenvalue weighted by Crippen LogP contribution is 1.96. The summed E-state index contributed by atoms with van der Waals surface area (Å²) in [5, 5.41) is 8.51. The first-order chi connectivity index (χ1) is 4.63. The third kappa shape index (κ3) is 2.10. The van der Waals surface area contributed by atoms with E-state index in [4.69, 9.17) is 5.11 Å². The Hall–Kier alpha value is -0.970. The van der Waals surface area contributed by atoms with Crippen molar-refractivity contribution in [2.45, 2.75) is 12.3 Å². The van der Waals surface area contributed by atoms with Gasteiger partial charge in [0, 0.05) is 0 Å². The number of aldehydes is 1. The molecule has 0 unspecified atom stereocenters. The van der Waals surface area contributed by atoms with Gasteiger partial charge in [0.2, 0.25) is 0 Å². The molecule has 0 aromatic rings. The molecule has 2 atom stereocenters. The maximum atomic E-state index is 12.0. The van der Waals surface area contributed by atoms with Crippen molar-refractivity contribution in [1.29, 1.82) is 0 Å². The predicted octanol–water partition coefficient (Wildman–Crippen LogP) is -0.943. The fourth-order valence-corrected chi connectivity index (χ4v) is 0.325. The van der Waals surface area contributed by atoms with Crippen LogP contribution < -0.4 is 0 Å². The molecule has 0 radical (unpaired) electrons. The lowest BCUT2D eigenvalue weighted by molar-refractivity contribution is -0.155. The fraction of sp³-hybridized carbons (Fsp3) is 0.600. The van der Waals surface area contributed by atoms with E-state index in [0.717, 1.165) is 7.11 Å². The summed E-state index contributed by atoms with van der Waals surface area (Å²) < 4.78 is 16.0. The molecule has 10 heavy (non-hydrogen) atoms. The first kappa shape index (κ1) is 9.03. The van der Waals surface area contributed by atoms with Crippen molar-refractivity contribution in [3.05, 3.63) is 0 Å². The lowest BCUT2D eigenvalue weighted by atomic mass is 10.2. The molecular formula is C5H7FO4. The van der Waals surface area contributed by atoms with Gasteiger partial charge in [0.15, 0.2) is 18.6 Å². The highest BCUT2D eigenvalue weighted by molar-refractivity contribution is 5.79. The molecule has 0 spiro atoms. The van der Waals surface area contributed by atoms with Crippen molar-refractivity contribution in [2.24, 2.45) is 0 Å². The number of ether oxygens (including phenoxy) is 1. The largest absolute Gasteiger partial charge is 0.467 e. The molecule has 0 aliphatic rings. The topological polar surface area (TPSA) is 63.6 Å². The van der Waals surface area contributed by atoms with Crippen LogP contribution in [0, 0.1) is 0 Å². The van der Waals surface area contributed by atoms with Gasteiger partial charge in [-0.25, -0.2) is 9.18 Å². The first-order valence-electron chi connectivity index (χ1n) is 2.48. The maximum Gasteiger partial charge on any atom is 0.338 e. The zero-order chi connectivity index (χ0) is 8.15. The van der Waals surface area contributed by atoms with Crippen molar-refractivity contribution < 1.29 is 23.8 Å². The molecule has 0 aliphatic carbocycles. The standard InChI is InChI=1S/C5H7FO4/c1-10-5(9)4(8)3(6)2-7/h2-4,8H,1H3/t3-,4+/m1/s1. The number of esters is 1. The van der Waals surface area contributed by atoms with Crippen LogP contribution in [0.15, 0.2) is 0 Å². The Morgan fingerprint density at radius 3 is 2.60 bits per heavy atom. The van der Waals surface area contributed by atoms with E-state index in [1.807, 2.05) is 0 Å². The average molecular weight is 150 g/mol. The summed E-state index contributed by atoms with van der Waals surface area (Å²) in [7, 11) is 0.989. The van der Waals surface area contributed by atoms with Gasteiger partial charge in [-0.2, -0.15) is 0 Å². The number of alkyl halides is 1. The summed E-state index contributed by atoms with van der Waals surface area (Å²) in [6, 6.07) is 0. The Labute approximate surface area is 56.6 Å².